The van der Waals surface area contributed by atoms with Crippen LogP contribution in [0.5, 0.6) is 0 Å². The molecule has 0 aromatic heterocycles. The monoisotopic (exact) mass is 275 g/mol. The minimum atomic E-state index is -0.524. The molecule has 0 spiro atoms. The first-order valence-corrected chi connectivity index (χ1v) is 6.76. The van der Waals surface area contributed by atoms with Gasteiger partial charge < -0.3 is 10.4 Å². The van der Waals surface area contributed by atoms with Crippen LogP contribution in [0.2, 0.25) is 5.02 Å². The van der Waals surface area contributed by atoms with E-state index in [0.717, 1.165) is 16.1 Å². The Morgan fingerprint density at radius 1 is 1.05 bits per heavy atom. The van der Waals surface area contributed by atoms with Gasteiger partial charge in [0.1, 0.15) is 0 Å². The van der Waals surface area contributed by atoms with Gasteiger partial charge in [-0.25, -0.2) is 0 Å². The summed E-state index contributed by atoms with van der Waals surface area (Å²) in [6, 6.07) is 17.3. The normalized spacial score (nSPS) is 14.1. The van der Waals surface area contributed by atoms with E-state index in [-0.39, 0.29) is 6.04 Å². The van der Waals surface area contributed by atoms with Crippen molar-refractivity contribution in [2.24, 2.45) is 0 Å². The van der Waals surface area contributed by atoms with E-state index in [0.29, 0.717) is 6.54 Å². The van der Waals surface area contributed by atoms with Crippen LogP contribution in [0.1, 0.15) is 24.2 Å². The van der Waals surface area contributed by atoms with Gasteiger partial charge >= 0.3 is 0 Å². The quantitative estimate of drug-likeness (QED) is 0.875. The average Bonchev–Trinajstić information content (AvgIpc) is 2.46. The summed E-state index contributed by atoms with van der Waals surface area (Å²) in [5, 5.41) is 14.3. The Morgan fingerprint density at radius 2 is 1.68 bits per heavy atom. The summed E-state index contributed by atoms with van der Waals surface area (Å²) in [6.07, 6.45) is -0.524. The zero-order chi connectivity index (χ0) is 13.7. The van der Waals surface area contributed by atoms with E-state index in [1.165, 1.54) is 0 Å². The summed E-state index contributed by atoms with van der Waals surface area (Å²) >= 11 is 6.10. The van der Waals surface area contributed by atoms with Gasteiger partial charge in [-0.15, -0.1) is 0 Å². The molecule has 0 radical (unpaired) electrons. The van der Waals surface area contributed by atoms with E-state index in [1.807, 2.05) is 61.5 Å². The third kappa shape index (κ3) is 3.80. The number of aliphatic hydroxyl groups excluding tert-OH is 1. The SMILES string of the molecule is C[C@H](NCc1ccccc1Cl)[C@H](O)c1ccccc1. The molecule has 0 aliphatic rings. The van der Waals surface area contributed by atoms with Gasteiger partial charge in [-0.2, -0.15) is 0 Å². The van der Waals surface area contributed by atoms with Crippen LogP contribution in [-0.4, -0.2) is 11.1 Å². The second-order valence-electron chi connectivity index (χ2n) is 4.62. The summed E-state index contributed by atoms with van der Waals surface area (Å²) < 4.78 is 0. The highest BCUT2D eigenvalue weighted by Gasteiger charge is 2.15. The summed E-state index contributed by atoms with van der Waals surface area (Å²) in [5.41, 5.74) is 1.96. The minimum absolute atomic E-state index is 0.0429. The third-order valence-corrected chi connectivity index (χ3v) is 3.56. The molecular weight excluding hydrogens is 258 g/mol. The molecule has 100 valence electrons. The number of hydrogen-bond donors (Lipinski definition) is 2. The molecule has 2 nitrogen and oxygen atoms in total. The predicted octanol–water partition coefficient (Wildman–Crippen LogP) is 3.55. The fourth-order valence-corrected chi connectivity index (χ4v) is 2.17. The number of hydrogen-bond acceptors (Lipinski definition) is 2. The lowest BCUT2D eigenvalue weighted by Gasteiger charge is -2.21. The molecule has 2 rings (SSSR count). The van der Waals surface area contributed by atoms with Gasteiger partial charge in [0.2, 0.25) is 0 Å². The fraction of sp³-hybridized carbons (Fsp3) is 0.250. The summed E-state index contributed by atoms with van der Waals surface area (Å²) in [5.74, 6) is 0. The highest BCUT2D eigenvalue weighted by atomic mass is 35.5. The third-order valence-electron chi connectivity index (χ3n) is 3.19. The lowest BCUT2D eigenvalue weighted by Crippen LogP contribution is -2.31. The molecule has 0 amide bonds. The average molecular weight is 276 g/mol. The Hall–Kier alpha value is -1.35. The van der Waals surface area contributed by atoms with Crippen molar-refractivity contribution in [3.63, 3.8) is 0 Å². The lowest BCUT2D eigenvalue weighted by atomic mass is 10.0. The molecule has 0 fully saturated rings. The summed E-state index contributed by atoms with van der Waals surface area (Å²) in [6.45, 7) is 2.61. The van der Waals surface area contributed by atoms with Crippen molar-refractivity contribution in [3.05, 3.63) is 70.7 Å². The summed E-state index contributed by atoms with van der Waals surface area (Å²) in [4.78, 5) is 0. The van der Waals surface area contributed by atoms with Crippen LogP contribution < -0.4 is 5.32 Å². The molecule has 0 unspecified atom stereocenters. The highest BCUT2D eigenvalue weighted by molar-refractivity contribution is 6.31. The zero-order valence-electron chi connectivity index (χ0n) is 10.9. The molecule has 2 aromatic carbocycles. The molecule has 2 atom stereocenters. The maximum atomic E-state index is 10.2. The van der Waals surface area contributed by atoms with Crippen LogP contribution in [0.15, 0.2) is 54.6 Å². The fourth-order valence-electron chi connectivity index (χ4n) is 1.96. The van der Waals surface area contributed by atoms with Crippen molar-refractivity contribution in [2.45, 2.75) is 25.6 Å². The largest absolute Gasteiger partial charge is 0.387 e. The maximum absolute atomic E-state index is 10.2. The Labute approximate surface area is 119 Å². The van der Waals surface area contributed by atoms with E-state index in [9.17, 15) is 5.11 Å². The predicted molar refractivity (Wildman–Crippen MR) is 79.2 cm³/mol. The highest BCUT2D eigenvalue weighted by Crippen LogP contribution is 2.18. The van der Waals surface area contributed by atoms with E-state index in [2.05, 4.69) is 5.32 Å². The number of aliphatic hydroxyl groups is 1. The topological polar surface area (TPSA) is 32.3 Å². The van der Waals surface area contributed by atoms with Crippen LogP contribution in [0, 0.1) is 0 Å². The van der Waals surface area contributed by atoms with Gasteiger partial charge in [0.05, 0.1) is 6.10 Å². The second kappa shape index (κ2) is 6.71. The Kier molecular flexibility index (Phi) is 4.97. The second-order valence-corrected chi connectivity index (χ2v) is 5.02. The van der Waals surface area contributed by atoms with Crippen LogP contribution in [0.3, 0.4) is 0 Å². The molecule has 19 heavy (non-hydrogen) atoms. The van der Waals surface area contributed by atoms with Crippen LogP contribution in [0.25, 0.3) is 0 Å². The first-order valence-electron chi connectivity index (χ1n) is 6.38. The molecule has 0 saturated heterocycles. The van der Waals surface area contributed by atoms with Gasteiger partial charge in [0.15, 0.2) is 0 Å². The zero-order valence-corrected chi connectivity index (χ0v) is 11.6. The number of nitrogens with one attached hydrogen (secondary N) is 1. The Balaban J connectivity index is 1.95. The first kappa shape index (κ1) is 14.1. The van der Waals surface area contributed by atoms with Crippen molar-refractivity contribution < 1.29 is 5.11 Å². The maximum Gasteiger partial charge on any atom is 0.0940 e. The number of halogens is 1. The minimum Gasteiger partial charge on any atom is -0.387 e. The Bertz CT molecular complexity index is 515. The van der Waals surface area contributed by atoms with Gasteiger partial charge in [-0.05, 0) is 24.1 Å². The van der Waals surface area contributed by atoms with Crippen LogP contribution >= 0.6 is 11.6 Å². The van der Waals surface area contributed by atoms with Gasteiger partial charge in [-0.3, -0.25) is 0 Å². The van der Waals surface area contributed by atoms with Crippen molar-refractivity contribution in [1.82, 2.24) is 5.32 Å². The molecule has 0 saturated carbocycles. The van der Waals surface area contributed by atoms with Gasteiger partial charge in [0.25, 0.3) is 0 Å². The molecule has 0 aliphatic heterocycles. The molecule has 0 heterocycles. The molecule has 2 aromatic rings. The van der Waals surface area contributed by atoms with Crippen LogP contribution in [-0.2, 0) is 6.54 Å². The smallest absolute Gasteiger partial charge is 0.0940 e. The molecular formula is C16H18ClNO. The Morgan fingerprint density at radius 3 is 2.37 bits per heavy atom. The standard InChI is InChI=1S/C16H18ClNO/c1-12(16(19)13-7-3-2-4-8-13)18-11-14-9-5-6-10-15(14)17/h2-10,12,16,18-19H,11H2,1H3/t12-,16-/m0/s1. The van der Waals surface area contributed by atoms with E-state index in [1.54, 1.807) is 0 Å². The van der Waals surface area contributed by atoms with Crippen LogP contribution in [0.4, 0.5) is 0 Å². The van der Waals surface area contributed by atoms with E-state index < -0.39 is 6.10 Å². The molecule has 0 aliphatic carbocycles. The summed E-state index contributed by atoms with van der Waals surface area (Å²) in [7, 11) is 0. The van der Waals surface area contributed by atoms with E-state index in [4.69, 9.17) is 11.6 Å². The number of rotatable bonds is 5. The first-order chi connectivity index (χ1) is 9.18. The van der Waals surface area contributed by atoms with Gasteiger partial charge in [0, 0.05) is 17.6 Å². The van der Waals surface area contributed by atoms with Crippen molar-refractivity contribution in [1.29, 1.82) is 0 Å². The van der Waals surface area contributed by atoms with E-state index >= 15 is 0 Å². The van der Waals surface area contributed by atoms with Crippen molar-refractivity contribution in [2.75, 3.05) is 0 Å². The van der Waals surface area contributed by atoms with Gasteiger partial charge in [-0.1, -0.05) is 60.1 Å². The molecule has 3 heteroatoms. The van der Waals surface area contributed by atoms with Crippen molar-refractivity contribution in [3.8, 4) is 0 Å². The molecule has 2 N–H and O–H groups in total. The molecule has 0 bridgehead atoms. The lowest BCUT2D eigenvalue weighted by molar-refractivity contribution is 0.135. The number of benzene rings is 2. The van der Waals surface area contributed by atoms with Crippen molar-refractivity contribution >= 4 is 11.6 Å².